The van der Waals surface area contributed by atoms with E-state index in [1.54, 1.807) is 0 Å². The number of rotatable bonds is 6. The lowest BCUT2D eigenvalue weighted by Gasteiger charge is -2.12. The first kappa shape index (κ1) is 19.1. The van der Waals surface area contributed by atoms with Gasteiger partial charge in [0.15, 0.2) is 23.6 Å². The summed E-state index contributed by atoms with van der Waals surface area (Å²) in [6.07, 6.45) is 3.87. The summed E-state index contributed by atoms with van der Waals surface area (Å²) in [4.78, 5) is 12.0. The van der Waals surface area contributed by atoms with Crippen molar-refractivity contribution in [2.45, 2.75) is 0 Å². The Hall–Kier alpha value is -2.23. The summed E-state index contributed by atoms with van der Waals surface area (Å²) in [6.45, 7) is 0. The third kappa shape index (κ3) is 4.11. The van der Waals surface area contributed by atoms with Crippen LogP contribution in [0.4, 0.5) is 5.69 Å². The Morgan fingerprint density at radius 2 is 1.75 bits per heavy atom. The van der Waals surface area contributed by atoms with Crippen molar-refractivity contribution in [2.24, 2.45) is 0 Å². The van der Waals surface area contributed by atoms with Crippen LogP contribution in [-0.2, 0) is 4.33 Å². The number of anilines is 1. The lowest BCUT2D eigenvalue weighted by Crippen LogP contribution is -2.07. The van der Waals surface area contributed by atoms with Gasteiger partial charge in [-0.3, -0.25) is 0 Å². The van der Waals surface area contributed by atoms with Crippen LogP contribution in [0.1, 0.15) is 0 Å². The Bertz CT molecular complexity index is 1080. The zero-order valence-electron chi connectivity index (χ0n) is 15.4. The van der Waals surface area contributed by atoms with E-state index in [1.165, 1.54) is 5.69 Å². The molecule has 0 spiro atoms. The predicted octanol–water partition coefficient (Wildman–Crippen LogP) is 5.80. The van der Waals surface area contributed by atoms with Crippen molar-refractivity contribution in [3.8, 4) is 16.9 Å². The predicted molar refractivity (Wildman–Crippen MR) is 123 cm³/mol. The molecule has 28 heavy (non-hydrogen) atoms. The number of benzene rings is 2. The molecule has 0 aliphatic heterocycles. The Balaban J connectivity index is 1.54. The van der Waals surface area contributed by atoms with Gasteiger partial charge in [0.2, 0.25) is 0 Å². The van der Waals surface area contributed by atoms with Crippen molar-refractivity contribution in [1.82, 2.24) is 8.96 Å². The summed E-state index contributed by atoms with van der Waals surface area (Å²) in [7, 11) is 4.07. The minimum atomic E-state index is 0.651. The van der Waals surface area contributed by atoms with Gasteiger partial charge in [0.1, 0.15) is 0 Å². The maximum atomic E-state index is 5.31. The van der Waals surface area contributed by atoms with E-state index in [-0.39, 0.29) is 0 Å². The summed E-state index contributed by atoms with van der Waals surface area (Å²) >= 11 is 3.41. The zero-order chi connectivity index (χ0) is 19.5. The van der Waals surface area contributed by atoms with Crippen molar-refractivity contribution in [3.05, 3.63) is 76.6 Å². The van der Waals surface area contributed by atoms with Crippen LogP contribution in [0.3, 0.4) is 0 Å². The highest BCUT2D eigenvalue weighted by Gasteiger charge is 2.12. The molecule has 0 aliphatic rings. The summed E-state index contributed by atoms with van der Waals surface area (Å²) < 4.78 is 8.27. The number of halogens is 1. The minimum Gasteiger partial charge on any atom is -0.378 e. The van der Waals surface area contributed by atoms with Gasteiger partial charge in [-0.2, -0.15) is 0 Å². The molecule has 0 aliphatic carbocycles. The van der Waals surface area contributed by atoms with Crippen molar-refractivity contribution in [3.63, 3.8) is 0 Å². The SMILES string of the molecule is CN(C)c1ccc(-c2cnc3c(c2)c(I)cn3SOOc2ccccc2)cc1. The molecule has 7 heteroatoms. The van der Waals surface area contributed by atoms with Crippen molar-refractivity contribution >= 4 is 51.5 Å². The molecule has 0 radical (unpaired) electrons. The van der Waals surface area contributed by atoms with E-state index in [2.05, 4.69) is 62.8 Å². The number of nitrogens with zero attached hydrogens (tertiary/aromatic N) is 3. The molecule has 0 fully saturated rings. The lowest BCUT2D eigenvalue weighted by atomic mass is 10.1. The van der Waals surface area contributed by atoms with Crippen LogP contribution in [-0.4, -0.2) is 23.1 Å². The average Bonchev–Trinajstić information content (AvgIpc) is 3.04. The van der Waals surface area contributed by atoms with E-state index in [9.17, 15) is 0 Å². The van der Waals surface area contributed by atoms with Gasteiger partial charge in [0.05, 0.1) is 0 Å². The first-order valence-electron chi connectivity index (χ1n) is 8.63. The smallest absolute Gasteiger partial charge is 0.170 e. The highest BCUT2D eigenvalue weighted by molar-refractivity contribution is 14.1. The normalized spacial score (nSPS) is 11.0. The molecule has 0 atom stereocenters. The Labute approximate surface area is 181 Å². The van der Waals surface area contributed by atoms with Gasteiger partial charge in [-0.1, -0.05) is 34.7 Å². The average molecular weight is 503 g/mol. The molecular formula is C21H18IN3O2S. The number of hydrogen-bond donors (Lipinski definition) is 0. The van der Waals surface area contributed by atoms with Crippen LogP contribution in [0, 0.1) is 3.57 Å². The molecule has 0 saturated heterocycles. The molecule has 0 amide bonds. The lowest BCUT2D eigenvalue weighted by molar-refractivity contribution is -0.0785. The summed E-state index contributed by atoms with van der Waals surface area (Å²) in [5.74, 6) is 0.651. The number of fused-ring (bicyclic) bond motifs is 1. The first-order chi connectivity index (χ1) is 13.6. The van der Waals surface area contributed by atoms with Gasteiger partial charge < -0.3 is 9.79 Å². The van der Waals surface area contributed by atoms with Gasteiger partial charge >= 0.3 is 0 Å². The highest BCUT2D eigenvalue weighted by atomic mass is 127. The first-order valence-corrected chi connectivity index (χ1v) is 10.4. The molecule has 0 saturated carbocycles. The topological polar surface area (TPSA) is 39.5 Å². The fourth-order valence-electron chi connectivity index (χ4n) is 2.77. The van der Waals surface area contributed by atoms with Crippen LogP contribution in [0.2, 0.25) is 0 Å². The van der Waals surface area contributed by atoms with Crippen LogP contribution < -0.4 is 9.79 Å². The molecule has 4 aromatic rings. The molecule has 4 rings (SSSR count). The molecule has 2 aromatic carbocycles. The highest BCUT2D eigenvalue weighted by Crippen LogP contribution is 2.30. The van der Waals surface area contributed by atoms with E-state index < -0.39 is 0 Å². The standard InChI is InChI=1S/C21H18IN3O2S/c1-24(2)17-10-8-15(9-11-17)16-12-19-20(22)14-25(21(19)23-13-16)28-27-26-18-6-4-3-5-7-18/h3-14H,1-2H3. The second kappa shape index (κ2) is 8.42. The molecule has 2 heterocycles. The summed E-state index contributed by atoms with van der Waals surface area (Å²) in [6, 6.07) is 20.0. The number of hydrogen-bond acceptors (Lipinski definition) is 5. The van der Waals surface area contributed by atoms with Gasteiger partial charge in [0.25, 0.3) is 0 Å². The molecule has 0 unspecified atom stereocenters. The third-order valence-electron chi connectivity index (χ3n) is 4.26. The fourth-order valence-corrected chi connectivity index (χ4v) is 4.18. The monoisotopic (exact) mass is 503 g/mol. The van der Waals surface area contributed by atoms with Crippen LogP contribution >= 0.6 is 34.8 Å². The van der Waals surface area contributed by atoms with E-state index in [0.29, 0.717) is 5.75 Å². The summed E-state index contributed by atoms with van der Waals surface area (Å²) in [5, 5.41) is 1.07. The van der Waals surface area contributed by atoms with Gasteiger partial charge in [-0.05, 0) is 58.5 Å². The second-order valence-corrected chi connectivity index (χ2v) is 8.22. The van der Waals surface area contributed by atoms with E-state index in [4.69, 9.17) is 9.22 Å². The van der Waals surface area contributed by atoms with Gasteiger partial charge in [-0.15, -0.1) is 0 Å². The zero-order valence-corrected chi connectivity index (χ0v) is 18.3. The van der Waals surface area contributed by atoms with Crippen LogP contribution in [0.25, 0.3) is 22.2 Å². The largest absolute Gasteiger partial charge is 0.378 e. The van der Waals surface area contributed by atoms with Crippen molar-refractivity contribution in [2.75, 3.05) is 19.0 Å². The van der Waals surface area contributed by atoms with E-state index in [0.717, 1.165) is 38.0 Å². The maximum absolute atomic E-state index is 5.31. The third-order valence-corrected chi connectivity index (χ3v) is 5.69. The summed E-state index contributed by atoms with van der Waals surface area (Å²) in [5.41, 5.74) is 4.23. The molecule has 0 bridgehead atoms. The number of pyridine rings is 1. The number of aromatic nitrogens is 2. The van der Waals surface area contributed by atoms with Crippen LogP contribution in [0.5, 0.6) is 5.75 Å². The Kier molecular flexibility index (Phi) is 5.74. The quantitative estimate of drug-likeness (QED) is 0.144. The van der Waals surface area contributed by atoms with Gasteiger partial charge in [0, 0.05) is 46.7 Å². The van der Waals surface area contributed by atoms with Crippen LogP contribution in [0.15, 0.2) is 73.1 Å². The maximum Gasteiger partial charge on any atom is 0.170 e. The van der Waals surface area contributed by atoms with Crippen molar-refractivity contribution in [1.29, 1.82) is 0 Å². The van der Waals surface area contributed by atoms with Gasteiger partial charge in [-0.25, -0.2) is 8.96 Å². The molecular weight excluding hydrogens is 485 g/mol. The fraction of sp³-hybridized carbons (Fsp3) is 0.0952. The Morgan fingerprint density at radius 3 is 2.46 bits per heavy atom. The molecule has 0 N–H and O–H groups in total. The molecule has 2 aromatic heterocycles. The van der Waals surface area contributed by atoms with E-state index >= 15 is 0 Å². The number of para-hydroxylation sites is 1. The molecule has 5 nitrogen and oxygen atoms in total. The molecule has 142 valence electrons. The van der Waals surface area contributed by atoms with Crippen molar-refractivity contribution < 1.29 is 9.22 Å². The Morgan fingerprint density at radius 1 is 1.00 bits per heavy atom. The second-order valence-electron chi connectivity index (χ2n) is 6.38. The van der Waals surface area contributed by atoms with E-state index in [1.807, 2.05) is 60.8 Å². The minimum absolute atomic E-state index is 0.651.